The second-order valence-electron chi connectivity index (χ2n) is 4.48. The Labute approximate surface area is 102 Å². The van der Waals surface area contributed by atoms with Gasteiger partial charge in [0.2, 0.25) is 0 Å². The number of hydrogen-bond donors (Lipinski definition) is 1. The van der Waals surface area contributed by atoms with Crippen molar-refractivity contribution in [2.75, 3.05) is 6.54 Å². The SMILES string of the molecule is CCn1c(CCNC(C)C)nc2cccnc21. The number of hydrogen-bond acceptors (Lipinski definition) is 3. The van der Waals surface area contributed by atoms with Crippen LogP contribution in [0.1, 0.15) is 26.6 Å². The third kappa shape index (κ3) is 2.64. The Hall–Kier alpha value is -1.42. The highest BCUT2D eigenvalue weighted by molar-refractivity contribution is 5.71. The first-order valence-electron chi connectivity index (χ1n) is 6.26. The van der Waals surface area contributed by atoms with E-state index in [1.165, 1.54) is 0 Å². The molecule has 0 saturated heterocycles. The van der Waals surface area contributed by atoms with Gasteiger partial charge in [0.15, 0.2) is 5.65 Å². The number of rotatable bonds is 5. The van der Waals surface area contributed by atoms with Crippen molar-refractivity contribution in [1.82, 2.24) is 19.9 Å². The molecular weight excluding hydrogens is 212 g/mol. The molecule has 4 nitrogen and oxygen atoms in total. The molecule has 92 valence electrons. The molecule has 0 unspecified atom stereocenters. The lowest BCUT2D eigenvalue weighted by Gasteiger charge is -2.08. The van der Waals surface area contributed by atoms with E-state index in [0.29, 0.717) is 6.04 Å². The van der Waals surface area contributed by atoms with Gasteiger partial charge in [-0.3, -0.25) is 0 Å². The van der Waals surface area contributed by atoms with E-state index in [1.807, 2.05) is 18.3 Å². The molecule has 2 aromatic rings. The van der Waals surface area contributed by atoms with Crippen LogP contribution in [0.5, 0.6) is 0 Å². The maximum absolute atomic E-state index is 4.64. The van der Waals surface area contributed by atoms with Gasteiger partial charge in [-0.05, 0) is 19.1 Å². The Balaban J connectivity index is 2.21. The van der Waals surface area contributed by atoms with Crippen molar-refractivity contribution in [2.45, 2.75) is 39.8 Å². The van der Waals surface area contributed by atoms with E-state index in [-0.39, 0.29) is 0 Å². The summed E-state index contributed by atoms with van der Waals surface area (Å²) >= 11 is 0. The summed E-state index contributed by atoms with van der Waals surface area (Å²) < 4.78 is 2.19. The molecule has 0 aliphatic carbocycles. The molecule has 0 atom stereocenters. The Morgan fingerprint density at radius 2 is 2.24 bits per heavy atom. The number of imidazole rings is 1. The molecule has 0 bridgehead atoms. The van der Waals surface area contributed by atoms with Crippen LogP contribution in [-0.2, 0) is 13.0 Å². The minimum Gasteiger partial charge on any atom is -0.314 e. The predicted octanol–water partition coefficient (Wildman–Crippen LogP) is 1.99. The Bertz CT molecular complexity index is 487. The van der Waals surface area contributed by atoms with Crippen LogP contribution in [0.3, 0.4) is 0 Å². The number of nitrogens with one attached hydrogen (secondary N) is 1. The van der Waals surface area contributed by atoms with Crippen LogP contribution in [0.25, 0.3) is 11.2 Å². The van der Waals surface area contributed by atoms with Gasteiger partial charge in [-0.1, -0.05) is 13.8 Å². The van der Waals surface area contributed by atoms with Gasteiger partial charge in [-0.15, -0.1) is 0 Å². The van der Waals surface area contributed by atoms with Crippen LogP contribution >= 0.6 is 0 Å². The topological polar surface area (TPSA) is 42.7 Å². The summed E-state index contributed by atoms with van der Waals surface area (Å²) in [5.74, 6) is 1.12. The predicted molar refractivity (Wildman–Crippen MR) is 70.0 cm³/mol. The number of aryl methyl sites for hydroxylation is 1. The molecule has 2 heterocycles. The Kier molecular flexibility index (Phi) is 3.74. The fourth-order valence-corrected chi connectivity index (χ4v) is 2.00. The maximum atomic E-state index is 4.64. The van der Waals surface area contributed by atoms with Crippen molar-refractivity contribution >= 4 is 11.2 Å². The van der Waals surface area contributed by atoms with E-state index < -0.39 is 0 Å². The van der Waals surface area contributed by atoms with Gasteiger partial charge in [0.05, 0.1) is 0 Å². The van der Waals surface area contributed by atoms with Crippen molar-refractivity contribution in [1.29, 1.82) is 0 Å². The van der Waals surface area contributed by atoms with Crippen LogP contribution < -0.4 is 5.32 Å². The molecule has 17 heavy (non-hydrogen) atoms. The zero-order chi connectivity index (χ0) is 12.3. The summed E-state index contributed by atoms with van der Waals surface area (Å²) in [6.45, 7) is 8.33. The van der Waals surface area contributed by atoms with Crippen LogP contribution in [0.4, 0.5) is 0 Å². The first-order valence-corrected chi connectivity index (χ1v) is 6.26. The number of fused-ring (bicyclic) bond motifs is 1. The number of pyridine rings is 1. The molecule has 0 aliphatic heterocycles. The number of nitrogens with zero attached hydrogens (tertiary/aromatic N) is 3. The largest absolute Gasteiger partial charge is 0.314 e. The quantitative estimate of drug-likeness (QED) is 0.857. The molecule has 2 aromatic heterocycles. The lowest BCUT2D eigenvalue weighted by molar-refractivity contribution is 0.572. The van der Waals surface area contributed by atoms with E-state index >= 15 is 0 Å². The molecule has 0 aromatic carbocycles. The summed E-state index contributed by atoms with van der Waals surface area (Å²) in [5, 5.41) is 3.42. The molecule has 0 amide bonds. The van der Waals surface area contributed by atoms with Gasteiger partial charge in [0, 0.05) is 31.7 Å². The van der Waals surface area contributed by atoms with E-state index in [4.69, 9.17) is 0 Å². The zero-order valence-corrected chi connectivity index (χ0v) is 10.8. The molecule has 4 heteroatoms. The van der Waals surface area contributed by atoms with Crippen molar-refractivity contribution in [3.63, 3.8) is 0 Å². The second-order valence-corrected chi connectivity index (χ2v) is 4.48. The molecule has 0 saturated carbocycles. The Morgan fingerprint density at radius 1 is 1.41 bits per heavy atom. The first-order chi connectivity index (χ1) is 8.22. The molecule has 0 spiro atoms. The van der Waals surface area contributed by atoms with Crippen molar-refractivity contribution in [3.8, 4) is 0 Å². The van der Waals surface area contributed by atoms with E-state index in [0.717, 1.165) is 36.5 Å². The van der Waals surface area contributed by atoms with Gasteiger partial charge < -0.3 is 9.88 Å². The summed E-state index contributed by atoms with van der Waals surface area (Å²) in [6, 6.07) is 4.48. The molecular formula is C13H20N4. The van der Waals surface area contributed by atoms with Crippen LogP contribution in [0, 0.1) is 0 Å². The monoisotopic (exact) mass is 232 g/mol. The fraction of sp³-hybridized carbons (Fsp3) is 0.538. The molecule has 0 aliphatic rings. The average Bonchev–Trinajstić information content (AvgIpc) is 2.66. The highest BCUT2D eigenvalue weighted by atomic mass is 15.1. The second kappa shape index (κ2) is 5.27. The lowest BCUT2D eigenvalue weighted by atomic mass is 10.3. The van der Waals surface area contributed by atoms with Gasteiger partial charge in [0.25, 0.3) is 0 Å². The average molecular weight is 232 g/mol. The summed E-state index contributed by atoms with van der Waals surface area (Å²) in [7, 11) is 0. The van der Waals surface area contributed by atoms with Crippen LogP contribution in [0.15, 0.2) is 18.3 Å². The Morgan fingerprint density at radius 3 is 2.94 bits per heavy atom. The third-order valence-electron chi connectivity index (χ3n) is 2.80. The van der Waals surface area contributed by atoms with Gasteiger partial charge in [-0.2, -0.15) is 0 Å². The van der Waals surface area contributed by atoms with Crippen molar-refractivity contribution in [3.05, 3.63) is 24.2 Å². The minimum absolute atomic E-state index is 0.521. The van der Waals surface area contributed by atoms with Crippen molar-refractivity contribution < 1.29 is 0 Å². The van der Waals surface area contributed by atoms with Crippen molar-refractivity contribution in [2.24, 2.45) is 0 Å². The molecule has 1 N–H and O–H groups in total. The molecule has 0 radical (unpaired) electrons. The normalized spacial score (nSPS) is 11.5. The zero-order valence-electron chi connectivity index (χ0n) is 10.8. The molecule has 0 fully saturated rings. The molecule has 2 rings (SSSR count). The van der Waals surface area contributed by atoms with Gasteiger partial charge in [0.1, 0.15) is 11.3 Å². The highest BCUT2D eigenvalue weighted by Gasteiger charge is 2.09. The summed E-state index contributed by atoms with van der Waals surface area (Å²) in [5.41, 5.74) is 1.99. The standard InChI is InChI=1S/C13H20N4/c1-4-17-12(7-9-14-10(2)3)16-11-6-5-8-15-13(11)17/h5-6,8,10,14H,4,7,9H2,1-3H3. The van der Waals surface area contributed by atoms with E-state index in [1.54, 1.807) is 0 Å². The van der Waals surface area contributed by atoms with Crippen LogP contribution in [0.2, 0.25) is 0 Å². The fourth-order valence-electron chi connectivity index (χ4n) is 2.00. The maximum Gasteiger partial charge on any atom is 0.159 e. The van der Waals surface area contributed by atoms with E-state index in [2.05, 4.69) is 40.6 Å². The van der Waals surface area contributed by atoms with E-state index in [9.17, 15) is 0 Å². The number of aromatic nitrogens is 3. The third-order valence-corrected chi connectivity index (χ3v) is 2.80. The first kappa shape index (κ1) is 12.0. The lowest BCUT2D eigenvalue weighted by Crippen LogP contribution is -2.25. The van der Waals surface area contributed by atoms with Crippen LogP contribution in [-0.4, -0.2) is 27.1 Å². The summed E-state index contributed by atoms with van der Waals surface area (Å²) in [6.07, 6.45) is 2.77. The highest BCUT2D eigenvalue weighted by Crippen LogP contribution is 2.13. The summed E-state index contributed by atoms with van der Waals surface area (Å²) in [4.78, 5) is 9.04. The smallest absolute Gasteiger partial charge is 0.159 e. The minimum atomic E-state index is 0.521. The van der Waals surface area contributed by atoms with Gasteiger partial charge in [-0.25, -0.2) is 9.97 Å². The van der Waals surface area contributed by atoms with Gasteiger partial charge >= 0.3 is 0 Å².